The molecule has 0 aliphatic heterocycles. The number of rotatable bonds is 2. The SMILES string of the molecule is Cc1ccccc1.O=C(OS(=O)(=O)Cl)c1ccccc1. The molecule has 0 heterocycles. The van der Waals surface area contributed by atoms with Crippen molar-refractivity contribution in [3.05, 3.63) is 71.8 Å². The molecule has 0 spiro atoms. The number of carbonyl (C=O) groups is 1. The van der Waals surface area contributed by atoms with Crippen LogP contribution in [0.1, 0.15) is 15.9 Å². The summed E-state index contributed by atoms with van der Waals surface area (Å²) >= 11 is 0. The molecule has 0 unspecified atom stereocenters. The van der Waals surface area contributed by atoms with Crippen LogP contribution in [0.5, 0.6) is 0 Å². The predicted molar refractivity (Wildman–Crippen MR) is 77.8 cm³/mol. The van der Waals surface area contributed by atoms with E-state index in [2.05, 4.69) is 23.2 Å². The van der Waals surface area contributed by atoms with E-state index < -0.39 is 15.3 Å². The Hall–Kier alpha value is -1.85. The van der Waals surface area contributed by atoms with E-state index in [0.717, 1.165) is 0 Å². The number of hydrogen-bond donors (Lipinski definition) is 0. The average molecular weight is 313 g/mol. The van der Waals surface area contributed by atoms with Crippen LogP contribution in [0.3, 0.4) is 0 Å². The molecule has 0 aliphatic rings. The minimum absolute atomic E-state index is 0.131. The molecule has 0 radical (unpaired) electrons. The number of aryl methyl sites for hydroxylation is 1. The number of carbonyl (C=O) groups excluding carboxylic acids is 1. The van der Waals surface area contributed by atoms with Gasteiger partial charge in [0.1, 0.15) is 0 Å². The molecule has 0 aromatic heterocycles. The number of halogens is 1. The Morgan fingerprint density at radius 1 is 0.950 bits per heavy atom. The van der Waals surface area contributed by atoms with Crippen molar-refractivity contribution >= 4 is 26.0 Å². The minimum Gasteiger partial charge on any atom is -0.330 e. The summed E-state index contributed by atoms with van der Waals surface area (Å²) in [7, 11) is 0.458. The van der Waals surface area contributed by atoms with Crippen LogP contribution in [0, 0.1) is 6.92 Å². The first kappa shape index (κ1) is 16.2. The third kappa shape index (κ3) is 6.92. The second-order valence-corrected chi connectivity index (χ2v) is 5.87. The Labute approximate surface area is 122 Å². The molecule has 2 aromatic rings. The largest absolute Gasteiger partial charge is 0.404 e. The van der Waals surface area contributed by atoms with Crippen molar-refractivity contribution in [1.29, 1.82) is 0 Å². The second kappa shape index (κ2) is 7.67. The zero-order chi connectivity index (χ0) is 15.0. The summed E-state index contributed by atoms with van der Waals surface area (Å²) in [5.41, 5.74) is 1.45. The highest BCUT2D eigenvalue weighted by Crippen LogP contribution is 2.06. The van der Waals surface area contributed by atoms with Crippen molar-refractivity contribution in [1.82, 2.24) is 0 Å². The van der Waals surface area contributed by atoms with Crippen molar-refractivity contribution in [3.63, 3.8) is 0 Å². The van der Waals surface area contributed by atoms with Gasteiger partial charge in [0.05, 0.1) is 16.2 Å². The smallest absolute Gasteiger partial charge is 0.330 e. The highest BCUT2D eigenvalue weighted by Gasteiger charge is 2.14. The van der Waals surface area contributed by atoms with Crippen molar-refractivity contribution in [2.75, 3.05) is 0 Å². The summed E-state index contributed by atoms with van der Waals surface area (Å²) in [6.07, 6.45) is 0. The molecule has 0 N–H and O–H groups in total. The fourth-order valence-corrected chi connectivity index (χ4v) is 1.70. The van der Waals surface area contributed by atoms with Gasteiger partial charge in [-0.3, -0.25) is 0 Å². The minimum atomic E-state index is -4.25. The number of hydrogen-bond acceptors (Lipinski definition) is 4. The molecule has 0 atom stereocenters. The maximum atomic E-state index is 11.0. The van der Waals surface area contributed by atoms with Gasteiger partial charge in [-0.05, 0) is 19.1 Å². The summed E-state index contributed by atoms with van der Waals surface area (Å²) in [6.45, 7) is 2.08. The van der Waals surface area contributed by atoms with E-state index in [9.17, 15) is 13.2 Å². The van der Waals surface area contributed by atoms with Crippen LogP contribution in [0.2, 0.25) is 0 Å². The van der Waals surface area contributed by atoms with E-state index in [1.807, 2.05) is 18.2 Å². The summed E-state index contributed by atoms with van der Waals surface area (Å²) in [4.78, 5) is 11.0. The zero-order valence-electron chi connectivity index (χ0n) is 10.7. The molecular formula is C14H13ClO4S. The Bertz CT molecular complexity index is 639. The average Bonchev–Trinajstić information content (AvgIpc) is 2.39. The predicted octanol–water partition coefficient (Wildman–Crippen LogP) is 3.32. The van der Waals surface area contributed by atoms with Crippen LogP contribution in [0.25, 0.3) is 0 Å². The van der Waals surface area contributed by atoms with Crippen molar-refractivity contribution < 1.29 is 17.4 Å². The van der Waals surface area contributed by atoms with Crippen LogP contribution in [0.15, 0.2) is 60.7 Å². The van der Waals surface area contributed by atoms with Gasteiger partial charge in [0.25, 0.3) is 0 Å². The molecule has 106 valence electrons. The highest BCUT2D eigenvalue weighted by atomic mass is 35.7. The van der Waals surface area contributed by atoms with E-state index in [1.165, 1.54) is 17.7 Å². The van der Waals surface area contributed by atoms with Gasteiger partial charge in [0, 0.05) is 0 Å². The Morgan fingerprint density at radius 3 is 1.75 bits per heavy atom. The summed E-state index contributed by atoms with van der Waals surface area (Å²) in [6, 6.07) is 18.0. The highest BCUT2D eigenvalue weighted by molar-refractivity contribution is 8.10. The molecule has 0 saturated heterocycles. The first-order valence-corrected chi connectivity index (χ1v) is 7.87. The van der Waals surface area contributed by atoms with Crippen LogP contribution in [-0.2, 0) is 13.5 Å². The van der Waals surface area contributed by atoms with Gasteiger partial charge in [-0.2, -0.15) is 8.42 Å². The molecule has 0 saturated carbocycles. The quantitative estimate of drug-likeness (QED) is 0.798. The third-order valence-corrected chi connectivity index (χ3v) is 2.66. The summed E-state index contributed by atoms with van der Waals surface area (Å²) in [5, 5.41) is 0. The van der Waals surface area contributed by atoms with Crippen LogP contribution >= 0.6 is 10.7 Å². The van der Waals surface area contributed by atoms with Crippen molar-refractivity contribution in [3.8, 4) is 0 Å². The lowest BCUT2D eigenvalue weighted by molar-refractivity contribution is 0.0751. The van der Waals surface area contributed by atoms with Crippen LogP contribution < -0.4 is 0 Å². The number of benzene rings is 2. The fraction of sp³-hybridized carbons (Fsp3) is 0.0714. The second-order valence-electron chi connectivity index (χ2n) is 3.78. The molecule has 0 fully saturated rings. The van der Waals surface area contributed by atoms with Crippen LogP contribution in [-0.4, -0.2) is 14.4 Å². The Morgan fingerprint density at radius 2 is 1.40 bits per heavy atom. The molecule has 4 nitrogen and oxygen atoms in total. The zero-order valence-corrected chi connectivity index (χ0v) is 12.3. The molecule has 2 rings (SSSR count). The normalized spacial score (nSPS) is 10.1. The van der Waals surface area contributed by atoms with E-state index in [1.54, 1.807) is 18.2 Å². The topological polar surface area (TPSA) is 60.4 Å². The molecule has 0 amide bonds. The molecule has 20 heavy (non-hydrogen) atoms. The third-order valence-electron chi connectivity index (χ3n) is 2.13. The van der Waals surface area contributed by atoms with E-state index in [0.29, 0.717) is 0 Å². The van der Waals surface area contributed by atoms with Gasteiger partial charge in [-0.25, -0.2) is 4.79 Å². The van der Waals surface area contributed by atoms with Crippen molar-refractivity contribution in [2.24, 2.45) is 0 Å². The summed E-state index contributed by atoms with van der Waals surface area (Å²) < 4.78 is 24.6. The maximum Gasteiger partial charge on any atom is 0.404 e. The van der Waals surface area contributed by atoms with E-state index in [4.69, 9.17) is 10.7 Å². The van der Waals surface area contributed by atoms with Gasteiger partial charge in [-0.15, -0.1) is 0 Å². The lowest BCUT2D eigenvalue weighted by Gasteiger charge is -1.98. The first-order valence-electron chi connectivity index (χ1n) is 5.63. The molecule has 2 aromatic carbocycles. The lowest BCUT2D eigenvalue weighted by Crippen LogP contribution is -2.07. The molecular weight excluding hydrogens is 300 g/mol. The van der Waals surface area contributed by atoms with Gasteiger partial charge in [0.15, 0.2) is 0 Å². The fourth-order valence-electron chi connectivity index (χ4n) is 1.25. The van der Waals surface area contributed by atoms with E-state index >= 15 is 0 Å². The molecule has 6 heteroatoms. The van der Waals surface area contributed by atoms with Gasteiger partial charge >= 0.3 is 15.3 Å². The summed E-state index contributed by atoms with van der Waals surface area (Å²) in [5.74, 6) is -0.990. The molecule has 0 aliphatic carbocycles. The standard InChI is InChI=1S/C7H5ClO4S.C7H8/c8-13(10,11)12-7(9)6-4-2-1-3-5-6;1-7-5-3-2-4-6-7/h1-5H;2-6H,1H3. The van der Waals surface area contributed by atoms with Crippen LogP contribution in [0.4, 0.5) is 0 Å². The van der Waals surface area contributed by atoms with E-state index in [-0.39, 0.29) is 5.56 Å². The lowest BCUT2D eigenvalue weighted by atomic mass is 10.2. The van der Waals surface area contributed by atoms with Gasteiger partial charge in [0.2, 0.25) is 0 Å². The Kier molecular flexibility index (Phi) is 6.21. The maximum absolute atomic E-state index is 11.0. The monoisotopic (exact) mass is 312 g/mol. The molecule has 0 bridgehead atoms. The first-order chi connectivity index (χ1) is 9.38. The van der Waals surface area contributed by atoms with Crippen molar-refractivity contribution in [2.45, 2.75) is 6.92 Å². The van der Waals surface area contributed by atoms with Gasteiger partial charge in [-0.1, -0.05) is 54.1 Å². The van der Waals surface area contributed by atoms with Gasteiger partial charge < -0.3 is 4.18 Å². The Balaban J connectivity index is 0.000000240.